The van der Waals surface area contributed by atoms with Gasteiger partial charge in [0, 0.05) is 45.1 Å². The van der Waals surface area contributed by atoms with E-state index in [9.17, 15) is 4.79 Å². The van der Waals surface area contributed by atoms with Crippen LogP contribution in [0, 0.1) is 5.92 Å². The van der Waals surface area contributed by atoms with Crippen molar-refractivity contribution in [3.05, 3.63) is 24.0 Å². The number of amides is 1. The van der Waals surface area contributed by atoms with Crippen molar-refractivity contribution < 1.29 is 9.53 Å². The van der Waals surface area contributed by atoms with E-state index in [0.29, 0.717) is 11.5 Å². The van der Waals surface area contributed by atoms with Gasteiger partial charge < -0.3 is 15.4 Å². The number of primary amides is 1. The summed E-state index contributed by atoms with van der Waals surface area (Å²) in [5.41, 5.74) is 6.93. The third kappa shape index (κ3) is 3.56. The summed E-state index contributed by atoms with van der Waals surface area (Å²) in [6.45, 7) is 6.79. The van der Waals surface area contributed by atoms with Gasteiger partial charge in [0.2, 0.25) is 0 Å². The highest BCUT2D eigenvalue weighted by molar-refractivity contribution is 5.98. The molecular formula is C16H24N4O2. The number of nitrogens with two attached hydrogens (primary N) is 1. The van der Waals surface area contributed by atoms with Crippen LogP contribution >= 0.6 is 0 Å². The molecule has 2 N–H and O–H groups in total. The van der Waals surface area contributed by atoms with E-state index >= 15 is 0 Å². The number of anilines is 1. The molecule has 120 valence electrons. The van der Waals surface area contributed by atoms with E-state index in [0.717, 1.165) is 58.0 Å². The fourth-order valence-corrected chi connectivity index (χ4v) is 3.43. The van der Waals surface area contributed by atoms with E-state index in [1.165, 1.54) is 6.42 Å². The Morgan fingerprint density at radius 3 is 2.95 bits per heavy atom. The highest BCUT2D eigenvalue weighted by atomic mass is 16.5. The number of rotatable bonds is 4. The lowest BCUT2D eigenvalue weighted by atomic mass is 9.96. The standard InChI is InChI=1S/C16H24N4O2/c17-16(21)14-10-18-4-3-15(14)20-5-1-2-13(12-20)11-19-6-8-22-9-7-19/h3-4,10,13H,1-2,5-9,11-12H2,(H2,17,21)/t13-/m1/s1. The molecule has 3 rings (SSSR count). The first-order valence-corrected chi connectivity index (χ1v) is 8.03. The molecule has 1 aromatic rings. The highest BCUT2D eigenvalue weighted by Crippen LogP contribution is 2.26. The first-order valence-electron chi connectivity index (χ1n) is 8.03. The molecule has 0 saturated carbocycles. The van der Waals surface area contributed by atoms with Crippen molar-refractivity contribution in [3.63, 3.8) is 0 Å². The quantitative estimate of drug-likeness (QED) is 0.888. The molecule has 22 heavy (non-hydrogen) atoms. The number of hydrogen-bond donors (Lipinski definition) is 1. The predicted molar refractivity (Wildman–Crippen MR) is 85.0 cm³/mol. The van der Waals surface area contributed by atoms with Crippen molar-refractivity contribution >= 4 is 11.6 Å². The summed E-state index contributed by atoms with van der Waals surface area (Å²) in [7, 11) is 0. The van der Waals surface area contributed by atoms with Gasteiger partial charge in [-0.2, -0.15) is 0 Å². The second-order valence-electron chi connectivity index (χ2n) is 6.12. The Hall–Kier alpha value is -1.66. The summed E-state index contributed by atoms with van der Waals surface area (Å²) in [6, 6.07) is 1.90. The molecule has 0 radical (unpaired) electrons. The molecule has 0 aromatic carbocycles. The molecular weight excluding hydrogens is 280 g/mol. The molecule has 0 spiro atoms. The van der Waals surface area contributed by atoms with Crippen molar-refractivity contribution in [2.75, 3.05) is 50.8 Å². The highest BCUT2D eigenvalue weighted by Gasteiger charge is 2.25. The van der Waals surface area contributed by atoms with Crippen LogP contribution in [0.3, 0.4) is 0 Å². The van der Waals surface area contributed by atoms with Crippen molar-refractivity contribution in [2.45, 2.75) is 12.8 Å². The topological polar surface area (TPSA) is 71.7 Å². The lowest BCUT2D eigenvalue weighted by Crippen LogP contribution is -2.45. The number of pyridine rings is 1. The third-order valence-electron chi connectivity index (χ3n) is 4.54. The molecule has 0 aliphatic carbocycles. The Morgan fingerprint density at radius 1 is 1.36 bits per heavy atom. The van der Waals surface area contributed by atoms with Crippen molar-refractivity contribution in [1.82, 2.24) is 9.88 Å². The second-order valence-corrected chi connectivity index (χ2v) is 6.12. The molecule has 6 heteroatoms. The summed E-state index contributed by atoms with van der Waals surface area (Å²) in [5.74, 6) is 0.221. The smallest absolute Gasteiger partial charge is 0.252 e. The van der Waals surface area contributed by atoms with E-state index in [2.05, 4.69) is 14.8 Å². The molecule has 0 unspecified atom stereocenters. The minimum Gasteiger partial charge on any atom is -0.379 e. The molecule has 2 aliphatic rings. The predicted octanol–water partition coefficient (Wildman–Crippen LogP) is 0.729. The summed E-state index contributed by atoms with van der Waals surface area (Å²) in [5, 5.41) is 0. The average Bonchev–Trinajstić information content (AvgIpc) is 2.56. The molecule has 1 atom stereocenters. The minimum absolute atomic E-state index is 0.404. The maximum atomic E-state index is 11.6. The zero-order valence-corrected chi connectivity index (χ0v) is 12.9. The van der Waals surface area contributed by atoms with Crippen LogP contribution in [-0.2, 0) is 4.74 Å². The number of piperidine rings is 1. The molecule has 1 aromatic heterocycles. The normalized spacial score (nSPS) is 23.5. The largest absolute Gasteiger partial charge is 0.379 e. The van der Waals surface area contributed by atoms with E-state index in [-0.39, 0.29) is 0 Å². The third-order valence-corrected chi connectivity index (χ3v) is 4.54. The number of aromatic nitrogens is 1. The van der Waals surface area contributed by atoms with Crippen LogP contribution in [-0.4, -0.2) is 61.7 Å². The summed E-state index contributed by atoms with van der Waals surface area (Å²) in [4.78, 5) is 20.4. The maximum absolute atomic E-state index is 11.6. The molecule has 1 amide bonds. The van der Waals surface area contributed by atoms with Gasteiger partial charge in [0.1, 0.15) is 0 Å². The van der Waals surface area contributed by atoms with Gasteiger partial charge in [0.05, 0.1) is 24.5 Å². The Kier molecular flexibility index (Phi) is 4.90. The second kappa shape index (κ2) is 7.07. The Morgan fingerprint density at radius 2 is 2.18 bits per heavy atom. The van der Waals surface area contributed by atoms with Crippen LogP contribution in [0.5, 0.6) is 0 Å². The molecule has 3 heterocycles. The van der Waals surface area contributed by atoms with Gasteiger partial charge in [-0.3, -0.25) is 14.7 Å². The fourth-order valence-electron chi connectivity index (χ4n) is 3.43. The minimum atomic E-state index is -0.404. The van der Waals surface area contributed by atoms with Crippen LogP contribution < -0.4 is 10.6 Å². The maximum Gasteiger partial charge on any atom is 0.252 e. The van der Waals surface area contributed by atoms with Gasteiger partial charge in [0.25, 0.3) is 5.91 Å². The van der Waals surface area contributed by atoms with E-state index < -0.39 is 5.91 Å². The van der Waals surface area contributed by atoms with Gasteiger partial charge in [-0.15, -0.1) is 0 Å². The van der Waals surface area contributed by atoms with Gasteiger partial charge in [-0.25, -0.2) is 0 Å². The van der Waals surface area contributed by atoms with Crippen molar-refractivity contribution in [3.8, 4) is 0 Å². The molecule has 6 nitrogen and oxygen atoms in total. The van der Waals surface area contributed by atoms with Crippen molar-refractivity contribution in [2.24, 2.45) is 11.7 Å². The first-order chi connectivity index (χ1) is 10.7. The molecule has 2 saturated heterocycles. The summed E-state index contributed by atoms with van der Waals surface area (Å²) >= 11 is 0. The van der Waals surface area contributed by atoms with Crippen molar-refractivity contribution in [1.29, 1.82) is 0 Å². The zero-order valence-electron chi connectivity index (χ0n) is 12.9. The SMILES string of the molecule is NC(=O)c1cnccc1N1CCC[C@H](CN2CCOCC2)C1. The van der Waals surface area contributed by atoms with Crippen LogP contribution in [0.4, 0.5) is 5.69 Å². The fraction of sp³-hybridized carbons (Fsp3) is 0.625. The lowest BCUT2D eigenvalue weighted by molar-refractivity contribution is 0.0296. The molecule has 2 aliphatic heterocycles. The number of ether oxygens (including phenoxy) is 1. The molecule has 2 fully saturated rings. The monoisotopic (exact) mass is 304 g/mol. The number of hydrogen-bond acceptors (Lipinski definition) is 5. The average molecular weight is 304 g/mol. The first kappa shape index (κ1) is 15.2. The van der Waals surface area contributed by atoms with Crippen LogP contribution in [0.2, 0.25) is 0 Å². The van der Waals surface area contributed by atoms with Gasteiger partial charge in [-0.05, 0) is 24.8 Å². The van der Waals surface area contributed by atoms with Gasteiger partial charge >= 0.3 is 0 Å². The number of carbonyl (C=O) groups is 1. The van der Waals surface area contributed by atoms with Crippen LogP contribution in [0.15, 0.2) is 18.5 Å². The van der Waals surface area contributed by atoms with Crippen LogP contribution in [0.1, 0.15) is 23.2 Å². The zero-order chi connectivity index (χ0) is 15.4. The van der Waals surface area contributed by atoms with Gasteiger partial charge in [0.15, 0.2) is 0 Å². The Balaban J connectivity index is 1.66. The Labute approximate surface area is 131 Å². The van der Waals surface area contributed by atoms with Crippen LogP contribution in [0.25, 0.3) is 0 Å². The van der Waals surface area contributed by atoms with E-state index in [1.807, 2.05) is 6.07 Å². The summed E-state index contributed by atoms with van der Waals surface area (Å²) in [6.07, 6.45) is 5.69. The molecule has 0 bridgehead atoms. The summed E-state index contributed by atoms with van der Waals surface area (Å²) < 4.78 is 5.41. The number of nitrogens with zero attached hydrogens (tertiary/aromatic N) is 3. The number of morpholine rings is 1. The Bertz CT molecular complexity index is 517. The lowest BCUT2D eigenvalue weighted by Gasteiger charge is -2.38. The van der Waals surface area contributed by atoms with E-state index in [1.54, 1.807) is 12.4 Å². The van der Waals surface area contributed by atoms with E-state index in [4.69, 9.17) is 10.5 Å². The number of carbonyl (C=O) groups excluding carboxylic acids is 1. The van der Waals surface area contributed by atoms with Gasteiger partial charge in [-0.1, -0.05) is 0 Å².